The number of para-hydroxylation sites is 1. The number of phenols is 1. The number of rotatable bonds is 3. The quantitative estimate of drug-likeness (QED) is 0.807. The minimum atomic E-state index is 0.265. The van der Waals surface area contributed by atoms with Gasteiger partial charge in [-0.1, -0.05) is 18.2 Å². The Kier molecular flexibility index (Phi) is 3.27. The molecule has 1 N–H and O–H groups in total. The molecule has 5 heteroatoms. The van der Waals surface area contributed by atoms with Crippen LogP contribution in [0.4, 0.5) is 0 Å². The minimum Gasteiger partial charge on any atom is -0.508 e. The SMILES string of the molecule is Oc1ccccc1Cc1nc2cccnc2n1C1CCOC1. The van der Waals surface area contributed by atoms with Crippen LogP contribution in [0.3, 0.4) is 0 Å². The predicted octanol–water partition coefficient (Wildman–Crippen LogP) is 2.69. The molecule has 1 aliphatic rings. The molecule has 0 bridgehead atoms. The zero-order valence-corrected chi connectivity index (χ0v) is 12.1. The van der Waals surface area contributed by atoms with Crippen LogP contribution >= 0.6 is 0 Å². The first-order valence-electron chi connectivity index (χ1n) is 7.49. The summed E-state index contributed by atoms with van der Waals surface area (Å²) in [5.74, 6) is 1.22. The van der Waals surface area contributed by atoms with Crippen molar-refractivity contribution in [2.45, 2.75) is 18.9 Å². The summed E-state index contributed by atoms with van der Waals surface area (Å²) in [4.78, 5) is 9.22. The van der Waals surface area contributed by atoms with E-state index in [9.17, 15) is 5.11 Å². The fourth-order valence-electron chi connectivity index (χ4n) is 3.04. The lowest BCUT2D eigenvalue weighted by atomic mass is 10.1. The maximum atomic E-state index is 10.0. The maximum Gasteiger partial charge on any atom is 0.160 e. The zero-order chi connectivity index (χ0) is 14.9. The van der Waals surface area contributed by atoms with Gasteiger partial charge in [0.05, 0.1) is 12.6 Å². The molecule has 22 heavy (non-hydrogen) atoms. The first-order chi connectivity index (χ1) is 10.8. The third kappa shape index (κ3) is 2.23. The van der Waals surface area contributed by atoms with Gasteiger partial charge >= 0.3 is 0 Å². The van der Waals surface area contributed by atoms with E-state index in [0.29, 0.717) is 18.8 Å². The molecule has 0 aliphatic carbocycles. The van der Waals surface area contributed by atoms with E-state index < -0.39 is 0 Å². The Morgan fingerprint density at radius 2 is 2.14 bits per heavy atom. The van der Waals surface area contributed by atoms with Gasteiger partial charge in [0.25, 0.3) is 0 Å². The van der Waals surface area contributed by atoms with Crippen molar-refractivity contribution < 1.29 is 9.84 Å². The van der Waals surface area contributed by atoms with Crippen LogP contribution in [0.5, 0.6) is 5.75 Å². The van der Waals surface area contributed by atoms with Crippen LogP contribution in [0.15, 0.2) is 42.6 Å². The van der Waals surface area contributed by atoms with Gasteiger partial charge in [0, 0.05) is 24.8 Å². The summed E-state index contributed by atoms with van der Waals surface area (Å²) < 4.78 is 7.71. The number of hydrogen-bond acceptors (Lipinski definition) is 4. The molecule has 112 valence electrons. The number of phenolic OH excluding ortho intramolecular Hbond substituents is 1. The van der Waals surface area contributed by atoms with E-state index in [1.165, 1.54) is 0 Å². The number of pyridine rings is 1. The Hall–Kier alpha value is -2.40. The van der Waals surface area contributed by atoms with Gasteiger partial charge < -0.3 is 14.4 Å². The summed E-state index contributed by atoms with van der Waals surface area (Å²) in [6.07, 6.45) is 3.34. The molecular weight excluding hydrogens is 278 g/mol. The van der Waals surface area contributed by atoms with Gasteiger partial charge in [-0.05, 0) is 24.6 Å². The molecule has 0 radical (unpaired) electrons. The van der Waals surface area contributed by atoms with Gasteiger partial charge in [-0.2, -0.15) is 0 Å². The number of hydrogen-bond donors (Lipinski definition) is 1. The van der Waals surface area contributed by atoms with Crippen LogP contribution in [0, 0.1) is 0 Å². The number of nitrogens with zero attached hydrogens (tertiary/aromatic N) is 3. The molecule has 1 saturated heterocycles. The molecule has 1 unspecified atom stereocenters. The van der Waals surface area contributed by atoms with E-state index in [2.05, 4.69) is 9.55 Å². The average Bonchev–Trinajstić information content (AvgIpc) is 3.16. The van der Waals surface area contributed by atoms with E-state index in [1.54, 1.807) is 12.3 Å². The van der Waals surface area contributed by atoms with Crippen LogP contribution < -0.4 is 0 Å². The first kappa shape index (κ1) is 13.3. The molecular formula is C17H17N3O2. The van der Waals surface area contributed by atoms with Crippen molar-refractivity contribution in [1.29, 1.82) is 0 Å². The largest absolute Gasteiger partial charge is 0.508 e. The summed E-state index contributed by atoms with van der Waals surface area (Å²) in [5, 5.41) is 10.0. The molecule has 1 aromatic carbocycles. The highest BCUT2D eigenvalue weighted by atomic mass is 16.5. The lowest BCUT2D eigenvalue weighted by Crippen LogP contribution is -2.13. The second kappa shape index (κ2) is 5.42. The van der Waals surface area contributed by atoms with Crippen LogP contribution in [0.2, 0.25) is 0 Å². The van der Waals surface area contributed by atoms with E-state index in [4.69, 9.17) is 9.72 Å². The van der Waals surface area contributed by atoms with Gasteiger partial charge in [0.2, 0.25) is 0 Å². The van der Waals surface area contributed by atoms with E-state index in [0.717, 1.165) is 35.6 Å². The molecule has 1 fully saturated rings. The van der Waals surface area contributed by atoms with Crippen LogP contribution in [-0.2, 0) is 11.2 Å². The van der Waals surface area contributed by atoms with E-state index >= 15 is 0 Å². The lowest BCUT2D eigenvalue weighted by molar-refractivity contribution is 0.186. The monoisotopic (exact) mass is 295 g/mol. The van der Waals surface area contributed by atoms with Crippen molar-refractivity contribution in [3.8, 4) is 5.75 Å². The molecule has 5 nitrogen and oxygen atoms in total. The highest BCUT2D eigenvalue weighted by Gasteiger charge is 2.24. The van der Waals surface area contributed by atoms with E-state index in [1.807, 2.05) is 30.3 Å². The maximum absolute atomic E-state index is 10.0. The summed E-state index contributed by atoms with van der Waals surface area (Å²) in [6, 6.07) is 11.5. The molecule has 1 atom stereocenters. The van der Waals surface area contributed by atoms with Crippen molar-refractivity contribution in [3.63, 3.8) is 0 Å². The average molecular weight is 295 g/mol. The fourth-order valence-corrected chi connectivity index (χ4v) is 3.04. The Morgan fingerprint density at radius 3 is 2.95 bits per heavy atom. The van der Waals surface area contributed by atoms with Crippen molar-refractivity contribution in [2.24, 2.45) is 0 Å². The summed E-state index contributed by atoms with van der Waals surface area (Å²) in [6.45, 7) is 1.46. The normalized spacial score (nSPS) is 18.1. The topological polar surface area (TPSA) is 60.2 Å². The molecule has 2 aromatic heterocycles. The highest BCUT2D eigenvalue weighted by Crippen LogP contribution is 2.28. The molecule has 4 rings (SSSR count). The molecule has 0 amide bonds. The number of aromatic nitrogens is 3. The van der Waals surface area contributed by atoms with Crippen LogP contribution in [0.25, 0.3) is 11.2 Å². The second-order valence-corrected chi connectivity index (χ2v) is 5.57. The van der Waals surface area contributed by atoms with Gasteiger partial charge in [0.15, 0.2) is 5.65 Å². The van der Waals surface area contributed by atoms with Gasteiger partial charge in [-0.15, -0.1) is 0 Å². The Balaban J connectivity index is 1.82. The molecule has 3 heterocycles. The summed E-state index contributed by atoms with van der Waals surface area (Å²) >= 11 is 0. The molecule has 3 aromatic rings. The molecule has 0 saturated carbocycles. The third-order valence-electron chi connectivity index (χ3n) is 4.13. The fraction of sp³-hybridized carbons (Fsp3) is 0.294. The van der Waals surface area contributed by atoms with Crippen molar-refractivity contribution in [3.05, 3.63) is 54.0 Å². The number of benzene rings is 1. The number of fused-ring (bicyclic) bond motifs is 1. The minimum absolute atomic E-state index is 0.265. The van der Waals surface area contributed by atoms with E-state index in [-0.39, 0.29) is 6.04 Å². The number of aromatic hydroxyl groups is 1. The number of ether oxygens (including phenoxy) is 1. The Labute approximate surface area is 128 Å². The summed E-state index contributed by atoms with van der Waals surface area (Å²) in [5.41, 5.74) is 2.65. The van der Waals surface area contributed by atoms with Gasteiger partial charge in [0.1, 0.15) is 17.1 Å². The van der Waals surface area contributed by atoms with Crippen molar-refractivity contribution in [2.75, 3.05) is 13.2 Å². The van der Waals surface area contributed by atoms with Crippen molar-refractivity contribution >= 4 is 11.2 Å². The van der Waals surface area contributed by atoms with Crippen LogP contribution in [-0.4, -0.2) is 32.9 Å². The predicted molar refractivity (Wildman–Crippen MR) is 82.9 cm³/mol. The highest BCUT2D eigenvalue weighted by molar-refractivity contribution is 5.71. The molecule has 1 aliphatic heterocycles. The standard InChI is InChI=1S/C17H17N3O2/c21-15-6-2-1-4-12(15)10-16-19-14-5-3-8-18-17(14)20(16)13-7-9-22-11-13/h1-6,8,13,21H,7,9-11H2. The summed E-state index contributed by atoms with van der Waals surface area (Å²) in [7, 11) is 0. The smallest absolute Gasteiger partial charge is 0.160 e. The molecule has 0 spiro atoms. The Bertz CT molecular complexity index is 807. The van der Waals surface area contributed by atoms with Crippen molar-refractivity contribution in [1.82, 2.24) is 14.5 Å². The van der Waals surface area contributed by atoms with Gasteiger partial charge in [-0.3, -0.25) is 0 Å². The Morgan fingerprint density at radius 1 is 1.23 bits per heavy atom. The zero-order valence-electron chi connectivity index (χ0n) is 12.1. The third-order valence-corrected chi connectivity index (χ3v) is 4.13. The van der Waals surface area contributed by atoms with Crippen LogP contribution in [0.1, 0.15) is 23.9 Å². The second-order valence-electron chi connectivity index (χ2n) is 5.57. The first-order valence-corrected chi connectivity index (χ1v) is 7.49. The lowest BCUT2D eigenvalue weighted by Gasteiger charge is -2.14. The van der Waals surface area contributed by atoms with Gasteiger partial charge in [-0.25, -0.2) is 9.97 Å². The number of imidazole rings is 1.